The lowest BCUT2D eigenvalue weighted by atomic mass is 10.0. The summed E-state index contributed by atoms with van der Waals surface area (Å²) < 4.78 is 1.58. The van der Waals surface area contributed by atoms with Gasteiger partial charge in [0.15, 0.2) is 5.69 Å². The van der Waals surface area contributed by atoms with Crippen molar-refractivity contribution in [1.82, 2.24) is 14.5 Å². The summed E-state index contributed by atoms with van der Waals surface area (Å²) in [4.78, 5) is 35.8. The third kappa shape index (κ3) is 3.57. The molecule has 8 nitrogen and oxygen atoms in total. The Hall–Kier alpha value is -2.84. The van der Waals surface area contributed by atoms with E-state index in [0.717, 1.165) is 13.1 Å². The van der Waals surface area contributed by atoms with Crippen LogP contribution in [-0.2, 0) is 7.05 Å². The molecule has 166 valence electrons. The minimum atomic E-state index is -1.19. The molecular weight excluding hydrogens is 453 g/mol. The smallest absolute Gasteiger partial charge is 0.356 e. The maximum Gasteiger partial charge on any atom is 0.356 e. The fourth-order valence-electron chi connectivity index (χ4n) is 4.55. The second-order valence-corrected chi connectivity index (χ2v) is 9.35. The normalized spacial score (nSPS) is 20.3. The number of aromatic nitrogens is 3. The quantitative estimate of drug-likeness (QED) is 0.540. The molecule has 1 aromatic carbocycles. The molecule has 2 unspecified atom stereocenters. The number of nitrogens with one attached hydrogen (secondary N) is 1. The van der Waals surface area contributed by atoms with Gasteiger partial charge in [-0.15, -0.1) is 0 Å². The lowest BCUT2D eigenvalue weighted by Crippen LogP contribution is -2.31. The van der Waals surface area contributed by atoms with E-state index < -0.39 is 12.0 Å². The van der Waals surface area contributed by atoms with Gasteiger partial charge in [0.1, 0.15) is 5.15 Å². The number of piperidine rings is 1. The molecule has 1 aliphatic carbocycles. The van der Waals surface area contributed by atoms with Gasteiger partial charge < -0.3 is 15.3 Å². The number of hydrogen-bond acceptors (Lipinski definition) is 6. The van der Waals surface area contributed by atoms with Crippen molar-refractivity contribution in [1.29, 1.82) is 0 Å². The molecule has 3 heterocycles. The first-order valence-corrected chi connectivity index (χ1v) is 11.1. The van der Waals surface area contributed by atoms with E-state index in [1.807, 2.05) is 6.92 Å². The number of rotatable bonds is 5. The standard InChI is InChI=1S/C22H21Cl2N5O3/c1-10(25-16-3-4-17(24)26-19(16)21(31)32)14-6-13(23)7-15-18(14)27-22(28(2)20(15)30)29-8-11-5-12(11)9-29/h3-4,6-7,10-12,25H,5,8-9H2,1-2H3,(H,31,32)/t10-,11?,12?/m0/s1. The maximum atomic E-state index is 13.2. The van der Waals surface area contributed by atoms with Crippen molar-refractivity contribution in [3.63, 3.8) is 0 Å². The van der Waals surface area contributed by atoms with Crippen LogP contribution >= 0.6 is 23.2 Å². The van der Waals surface area contributed by atoms with Crippen LogP contribution in [0, 0.1) is 11.8 Å². The Morgan fingerprint density at radius 2 is 1.94 bits per heavy atom. The first-order valence-electron chi connectivity index (χ1n) is 10.3. The van der Waals surface area contributed by atoms with Crippen LogP contribution < -0.4 is 15.8 Å². The lowest BCUT2D eigenvalue weighted by molar-refractivity contribution is 0.0691. The zero-order valence-electron chi connectivity index (χ0n) is 17.5. The number of hydrogen-bond donors (Lipinski definition) is 2. The number of pyridine rings is 1. The van der Waals surface area contributed by atoms with Crippen molar-refractivity contribution in [3.05, 3.63) is 56.1 Å². The summed E-state index contributed by atoms with van der Waals surface area (Å²) in [6, 6.07) is 6.06. The number of nitrogens with zero attached hydrogens (tertiary/aromatic N) is 4. The summed E-state index contributed by atoms with van der Waals surface area (Å²) in [6.07, 6.45) is 1.25. The van der Waals surface area contributed by atoms with E-state index in [2.05, 4.69) is 15.2 Å². The number of carboxylic acids is 1. The van der Waals surface area contributed by atoms with Gasteiger partial charge in [0, 0.05) is 30.7 Å². The Morgan fingerprint density at radius 1 is 1.22 bits per heavy atom. The summed E-state index contributed by atoms with van der Waals surface area (Å²) in [5, 5.41) is 13.6. The van der Waals surface area contributed by atoms with Crippen LogP contribution in [0.2, 0.25) is 10.2 Å². The highest BCUT2D eigenvalue weighted by molar-refractivity contribution is 6.31. The van der Waals surface area contributed by atoms with Crippen LogP contribution in [0.1, 0.15) is 35.4 Å². The highest BCUT2D eigenvalue weighted by Crippen LogP contribution is 2.46. The predicted molar refractivity (Wildman–Crippen MR) is 124 cm³/mol. The van der Waals surface area contributed by atoms with Gasteiger partial charge in [0.05, 0.1) is 22.6 Å². The monoisotopic (exact) mass is 473 g/mol. The summed E-state index contributed by atoms with van der Waals surface area (Å²) >= 11 is 12.2. The van der Waals surface area contributed by atoms with Crippen molar-refractivity contribution >= 4 is 51.7 Å². The highest BCUT2D eigenvalue weighted by Gasteiger charge is 2.46. The predicted octanol–water partition coefficient (Wildman–Crippen LogP) is 3.96. The summed E-state index contributed by atoms with van der Waals surface area (Å²) in [5.41, 5.74) is 1.21. The molecule has 0 bridgehead atoms. The average Bonchev–Trinajstić information content (AvgIpc) is 3.36. The van der Waals surface area contributed by atoms with E-state index >= 15 is 0 Å². The molecule has 2 aromatic heterocycles. The number of carboxylic acid groups (broad SMARTS) is 1. The van der Waals surface area contributed by atoms with E-state index in [-0.39, 0.29) is 16.4 Å². The van der Waals surface area contributed by atoms with Crippen molar-refractivity contribution in [2.75, 3.05) is 23.3 Å². The Kier molecular flexibility index (Phi) is 5.02. The first-order chi connectivity index (χ1) is 15.2. The molecule has 3 atom stereocenters. The van der Waals surface area contributed by atoms with E-state index in [0.29, 0.717) is 45.0 Å². The van der Waals surface area contributed by atoms with Crippen LogP contribution in [0.3, 0.4) is 0 Å². The topological polar surface area (TPSA) is 100 Å². The average molecular weight is 474 g/mol. The van der Waals surface area contributed by atoms with Gasteiger partial charge in [0.25, 0.3) is 5.56 Å². The SMILES string of the molecule is C[C@H](Nc1ccc(Cl)nc1C(=O)O)c1cc(Cl)cc2c(=O)n(C)c(N3CC4CC4C3)nc12. The third-order valence-electron chi connectivity index (χ3n) is 6.32. The molecule has 0 radical (unpaired) electrons. The Morgan fingerprint density at radius 3 is 2.62 bits per heavy atom. The molecule has 32 heavy (non-hydrogen) atoms. The fourth-order valence-corrected chi connectivity index (χ4v) is 4.93. The molecule has 0 amide bonds. The molecule has 2 fully saturated rings. The van der Waals surface area contributed by atoms with Crippen molar-refractivity contribution in [2.24, 2.45) is 18.9 Å². The van der Waals surface area contributed by atoms with Gasteiger partial charge in [-0.25, -0.2) is 14.8 Å². The molecule has 5 rings (SSSR count). The second kappa shape index (κ2) is 7.64. The number of benzene rings is 1. The van der Waals surface area contributed by atoms with E-state index in [4.69, 9.17) is 28.2 Å². The first kappa shape index (κ1) is 21.0. The van der Waals surface area contributed by atoms with Crippen LogP contribution in [0.4, 0.5) is 11.6 Å². The molecule has 1 aliphatic heterocycles. The highest BCUT2D eigenvalue weighted by atomic mass is 35.5. The number of anilines is 2. The van der Waals surface area contributed by atoms with Gasteiger partial charge in [0.2, 0.25) is 5.95 Å². The Bertz CT molecular complexity index is 1320. The zero-order chi connectivity index (χ0) is 22.7. The van der Waals surface area contributed by atoms with Crippen molar-refractivity contribution in [2.45, 2.75) is 19.4 Å². The summed E-state index contributed by atoms with van der Waals surface area (Å²) in [5.74, 6) is 0.837. The van der Waals surface area contributed by atoms with Crippen LogP contribution in [0.25, 0.3) is 10.9 Å². The van der Waals surface area contributed by atoms with Gasteiger partial charge in [-0.05, 0) is 49.4 Å². The van der Waals surface area contributed by atoms with E-state index in [1.54, 1.807) is 29.8 Å². The third-order valence-corrected chi connectivity index (χ3v) is 6.74. The van der Waals surface area contributed by atoms with Crippen LogP contribution in [0.5, 0.6) is 0 Å². The molecule has 10 heteroatoms. The molecular formula is C22H21Cl2N5O3. The molecule has 1 saturated heterocycles. The fraction of sp³-hybridized carbons (Fsp3) is 0.364. The Balaban J connectivity index is 1.60. The Labute approximate surface area is 193 Å². The van der Waals surface area contributed by atoms with Crippen LogP contribution in [-0.4, -0.2) is 38.7 Å². The minimum absolute atomic E-state index is 0.0901. The van der Waals surface area contributed by atoms with Crippen molar-refractivity contribution in [3.8, 4) is 0 Å². The van der Waals surface area contributed by atoms with Gasteiger partial charge in [-0.2, -0.15) is 0 Å². The van der Waals surface area contributed by atoms with E-state index in [1.165, 1.54) is 12.5 Å². The van der Waals surface area contributed by atoms with E-state index in [9.17, 15) is 14.7 Å². The zero-order valence-corrected chi connectivity index (χ0v) is 19.0. The van der Waals surface area contributed by atoms with Gasteiger partial charge in [-0.3, -0.25) is 9.36 Å². The minimum Gasteiger partial charge on any atom is -0.476 e. The largest absolute Gasteiger partial charge is 0.476 e. The summed E-state index contributed by atoms with van der Waals surface area (Å²) in [6.45, 7) is 3.67. The molecule has 2 aliphatic rings. The number of carbonyl (C=O) groups is 1. The number of halogens is 2. The second-order valence-electron chi connectivity index (χ2n) is 8.53. The number of fused-ring (bicyclic) bond motifs is 2. The van der Waals surface area contributed by atoms with Gasteiger partial charge in [-0.1, -0.05) is 23.2 Å². The van der Waals surface area contributed by atoms with Crippen molar-refractivity contribution < 1.29 is 9.90 Å². The van der Waals surface area contributed by atoms with Crippen LogP contribution in [0.15, 0.2) is 29.1 Å². The maximum absolute atomic E-state index is 13.2. The number of aromatic carboxylic acids is 1. The summed E-state index contributed by atoms with van der Waals surface area (Å²) in [7, 11) is 1.73. The molecule has 2 N–H and O–H groups in total. The molecule has 0 spiro atoms. The molecule has 3 aromatic rings. The lowest BCUT2D eigenvalue weighted by Gasteiger charge is -2.24. The van der Waals surface area contributed by atoms with Gasteiger partial charge >= 0.3 is 5.97 Å². The molecule has 1 saturated carbocycles.